The van der Waals surface area contributed by atoms with Gasteiger partial charge in [0.25, 0.3) is 0 Å². The van der Waals surface area contributed by atoms with Gasteiger partial charge in [-0.1, -0.05) is 19.1 Å². The first-order valence-electron chi connectivity index (χ1n) is 8.68. The van der Waals surface area contributed by atoms with Crippen LogP contribution < -0.4 is 5.32 Å². The summed E-state index contributed by atoms with van der Waals surface area (Å²) in [6.45, 7) is 2.53. The number of fused-ring (bicyclic) bond motifs is 1. The van der Waals surface area contributed by atoms with Crippen molar-refractivity contribution in [2.45, 2.75) is 32.5 Å². The molecule has 1 aromatic heterocycles. The summed E-state index contributed by atoms with van der Waals surface area (Å²) in [6.07, 6.45) is -0.713. The Morgan fingerprint density at radius 1 is 1.33 bits per heavy atom. The molecule has 2 aromatic rings. The molecular formula is C20H20F3NO2S. The number of hydrogen-bond donors (Lipinski definition) is 2. The van der Waals surface area contributed by atoms with E-state index in [1.165, 1.54) is 17.4 Å². The number of carboxylic acids is 1. The van der Waals surface area contributed by atoms with Gasteiger partial charge in [-0.05, 0) is 53.1 Å². The number of carboxylic acid groups (broad SMARTS) is 1. The third-order valence-corrected chi connectivity index (χ3v) is 5.74. The Balaban J connectivity index is 1.79. The highest BCUT2D eigenvalue weighted by Crippen LogP contribution is 2.41. The van der Waals surface area contributed by atoms with Crippen LogP contribution in [-0.4, -0.2) is 23.8 Å². The minimum atomic E-state index is -4.30. The molecule has 0 amide bonds. The number of rotatable bonds is 6. The summed E-state index contributed by atoms with van der Waals surface area (Å²) in [6, 6.07) is 7.82. The fourth-order valence-corrected chi connectivity index (χ4v) is 4.16. The van der Waals surface area contributed by atoms with Gasteiger partial charge in [0, 0.05) is 28.2 Å². The molecule has 7 heteroatoms. The highest BCUT2D eigenvalue weighted by molar-refractivity contribution is 7.20. The molecule has 3 rings (SSSR count). The van der Waals surface area contributed by atoms with Gasteiger partial charge >= 0.3 is 12.1 Å². The first kappa shape index (κ1) is 19.6. The zero-order valence-electron chi connectivity index (χ0n) is 14.8. The molecule has 144 valence electrons. The first-order valence-corrected chi connectivity index (χ1v) is 9.50. The van der Waals surface area contributed by atoms with E-state index >= 15 is 0 Å². The van der Waals surface area contributed by atoms with Crippen LogP contribution in [0.25, 0.3) is 15.7 Å². The van der Waals surface area contributed by atoms with Gasteiger partial charge in [-0.25, -0.2) is 0 Å². The molecule has 0 fully saturated rings. The second-order valence-corrected chi connectivity index (χ2v) is 7.78. The lowest BCUT2D eigenvalue weighted by atomic mass is 9.89. The van der Waals surface area contributed by atoms with Gasteiger partial charge in [-0.2, -0.15) is 13.2 Å². The van der Waals surface area contributed by atoms with Crippen molar-refractivity contribution in [2.24, 2.45) is 5.92 Å². The van der Waals surface area contributed by atoms with E-state index in [0.717, 1.165) is 20.5 Å². The maximum absolute atomic E-state index is 13.2. The number of aliphatic carboxylic acids is 1. The number of benzene rings is 1. The van der Waals surface area contributed by atoms with E-state index in [0.29, 0.717) is 25.1 Å². The van der Waals surface area contributed by atoms with Gasteiger partial charge in [-0.3, -0.25) is 4.79 Å². The summed E-state index contributed by atoms with van der Waals surface area (Å²) >= 11 is 1.48. The van der Waals surface area contributed by atoms with Crippen LogP contribution in [0.5, 0.6) is 0 Å². The van der Waals surface area contributed by atoms with Crippen LogP contribution >= 0.6 is 11.3 Å². The molecule has 27 heavy (non-hydrogen) atoms. The van der Waals surface area contributed by atoms with Gasteiger partial charge in [0.05, 0.1) is 6.42 Å². The molecule has 1 aliphatic carbocycles. The predicted molar refractivity (Wildman–Crippen MR) is 102 cm³/mol. The van der Waals surface area contributed by atoms with Crippen LogP contribution in [0.2, 0.25) is 0 Å². The molecule has 3 nitrogen and oxygen atoms in total. The van der Waals surface area contributed by atoms with E-state index in [4.69, 9.17) is 5.11 Å². The van der Waals surface area contributed by atoms with Crippen LogP contribution in [0.15, 0.2) is 42.0 Å². The van der Waals surface area contributed by atoms with Gasteiger partial charge in [0.15, 0.2) is 0 Å². The standard InChI is InChI=1S/C20H20F3NO2S/c1-12-2-4-14(9-16(12)20(21,22)23)18-10-15-8-13(3-5-17(15)27-18)11-24-7-6-19(25)26/h3-5,8-10,12,24H,2,6-7,11H2,1H3,(H,25,26). The van der Waals surface area contributed by atoms with Gasteiger partial charge in [0.1, 0.15) is 0 Å². The van der Waals surface area contributed by atoms with Crippen molar-refractivity contribution in [3.8, 4) is 0 Å². The number of carbonyl (C=O) groups is 1. The zero-order chi connectivity index (χ0) is 19.6. The largest absolute Gasteiger partial charge is 0.481 e. The smallest absolute Gasteiger partial charge is 0.412 e. The van der Waals surface area contributed by atoms with Crippen molar-refractivity contribution in [1.29, 1.82) is 0 Å². The van der Waals surface area contributed by atoms with Crippen molar-refractivity contribution in [3.05, 3.63) is 52.4 Å². The molecule has 0 saturated carbocycles. The average Bonchev–Trinajstić information content (AvgIpc) is 3.01. The minimum Gasteiger partial charge on any atom is -0.481 e. The topological polar surface area (TPSA) is 49.3 Å². The molecule has 0 saturated heterocycles. The normalized spacial score (nSPS) is 17.7. The van der Waals surface area contributed by atoms with Crippen LogP contribution in [0, 0.1) is 5.92 Å². The van der Waals surface area contributed by atoms with E-state index < -0.39 is 23.6 Å². The Morgan fingerprint density at radius 3 is 2.81 bits per heavy atom. The third-order valence-electron chi connectivity index (χ3n) is 4.57. The molecule has 1 unspecified atom stereocenters. The lowest BCUT2D eigenvalue weighted by Crippen LogP contribution is -2.19. The summed E-state index contributed by atoms with van der Waals surface area (Å²) in [5.41, 5.74) is 1.17. The zero-order valence-corrected chi connectivity index (χ0v) is 15.6. The number of halogens is 3. The summed E-state index contributed by atoms with van der Waals surface area (Å²) in [5, 5.41) is 12.7. The molecule has 2 N–H and O–H groups in total. The number of hydrogen-bond acceptors (Lipinski definition) is 3. The lowest BCUT2D eigenvalue weighted by Gasteiger charge is -2.22. The van der Waals surface area contributed by atoms with E-state index in [1.807, 2.05) is 30.3 Å². The average molecular weight is 395 g/mol. The lowest BCUT2D eigenvalue weighted by molar-refractivity contribution is -0.136. The Labute approximate surface area is 159 Å². The van der Waals surface area contributed by atoms with E-state index in [9.17, 15) is 18.0 Å². The molecular weight excluding hydrogens is 375 g/mol. The molecule has 1 aliphatic rings. The quantitative estimate of drug-likeness (QED) is 0.646. The van der Waals surface area contributed by atoms with Gasteiger partial charge in [-0.15, -0.1) is 11.3 Å². The monoisotopic (exact) mass is 395 g/mol. The summed E-state index contributed by atoms with van der Waals surface area (Å²) in [4.78, 5) is 11.4. The number of thiophene rings is 1. The first-order chi connectivity index (χ1) is 12.7. The van der Waals surface area contributed by atoms with Crippen molar-refractivity contribution in [1.82, 2.24) is 5.32 Å². The highest BCUT2D eigenvalue weighted by Gasteiger charge is 2.37. The van der Waals surface area contributed by atoms with E-state index in [2.05, 4.69) is 5.32 Å². The number of alkyl halides is 3. The van der Waals surface area contributed by atoms with Crippen molar-refractivity contribution >= 4 is 33.0 Å². The maximum atomic E-state index is 13.2. The number of nitrogens with one attached hydrogen (secondary N) is 1. The van der Waals surface area contributed by atoms with Gasteiger partial charge in [0.2, 0.25) is 0 Å². The van der Waals surface area contributed by atoms with E-state index in [1.54, 1.807) is 6.92 Å². The Bertz CT molecular complexity index is 912. The molecule has 1 heterocycles. The van der Waals surface area contributed by atoms with Crippen LogP contribution in [-0.2, 0) is 11.3 Å². The molecule has 0 bridgehead atoms. The SMILES string of the molecule is CC1CC=C(c2cc3cc(CNCCC(=O)O)ccc3s2)C=C1C(F)(F)F. The van der Waals surface area contributed by atoms with Crippen LogP contribution in [0.3, 0.4) is 0 Å². The maximum Gasteiger partial charge on any atom is 0.412 e. The second-order valence-electron chi connectivity index (χ2n) is 6.70. The molecule has 0 radical (unpaired) electrons. The number of allylic oxidation sites excluding steroid dienone is 4. The van der Waals surface area contributed by atoms with Crippen LogP contribution in [0.4, 0.5) is 13.2 Å². The summed E-state index contributed by atoms with van der Waals surface area (Å²) in [7, 11) is 0. The summed E-state index contributed by atoms with van der Waals surface area (Å²) < 4.78 is 40.6. The van der Waals surface area contributed by atoms with E-state index in [-0.39, 0.29) is 6.42 Å². The van der Waals surface area contributed by atoms with Crippen molar-refractivity contribution in [2.75, 3.05) is 6.54 Å². The Morgan fingerprint density at radius 2 is 2.11 bits per heavy atom. The fourth-order valence-electron chi connectivity index (χ4n) is 3.11. The highest BCUT2D eigenvalue weighted by atomic mass is 32.1. The minimum absolute atomic E-state index is 0.0608. The fraction of sp³-hybridized carbons (Fsp3) is 0.350. The van der Waals surface area contributed by atoms with Crippen molar-refractivity contribution in [3.63, 3.8) is 0 Å². The molecule has 0 spiro atoms. The van der Waals surface area contributed by atoms with Crippen LogP contribution in [0.1, 0.15) is 30.2 Å². The van der Waals surface area contributed by atoms with Gasteiger partial charge < -0.3 is 10.4 Å². The predicted octanol–water partition coefficient (Wildman–Crippen LogP) is 5.38. The second kappa shape index (κ2) is 7.86. The molecule has 0 aliphatic heterocycles. The van der Waals surface area contributed by atoms with Crippen molar-refractivity contribution < 1.29 is 23.1 Å². The third kappa shape index (κ3) is 4.78. The molecule has 1 atom stereocenters. The Hall–Kier alpha value is -2.12. The molecule has 1 aromatic carbocycles. The Kier molecular flexibility index (Phi) is 5.72. The summed E-state index contributed by atoms with van der Waals surface area (Å²) in [5.74, 6) is -1.37.